The van der Waals surface area contributed by atoms with E-state index < -0.39 is 0 Å². The molecule has 0 atom stereocenters. The summed E-state index contributed by atoms with van der Waals surface area (Å²) in [4.78, 5) is 2.10. The van der Waals surface area contributed by atoms with Crippen molar-refractivity contribution in [3.8, 4) is 0 Å². The summed E-state index contributed by atoms with van der Waals surface area (Å²) in [6.45, 7) is 4.87. The molecule has 0 saturated carbocycles. The van der Waals surface area contributed by atoms with Crippen molar-refractivity contribution in [1.82, 2.24) is 0 Å². The van der Waals surface area contributed by atoms with Gasteiger partial charge in [0.15, 0.2) is 0 Å². The van der Waals surface area contributed by atoms with E-state index in [1.54, 1.807) is 6.07 Å². The van der Waals surface area contributed by atoms with E-state index >= 15 is 0 Å². The molecule has 100 valence electrons. The quantitative estimate of drug-likeness (QED) is 0.845. The number of benzene rings is 2. The van der Waals surface area contributed by atoms with Gasteiger partial charge in [-0.1, -0.05) is 36.4 Å². The van der Waals surface area contributed by atoms with Gasteiger partial charge in [0.2, 0.25) is 0 Å². The number of halogens is 1. The number of nitrogens with zero attached hydrogens (tertiary/aromatic N) is 1. The molecule has 0 spiro atoms. The summed E-state index contributed by atoms with van der Waals surface area (Å²) in [5.41, 5.74) is 8.00. The van der Waals surface area contributed by atoms with Crippen LogP contribution in [0.1, 0.15) is 19.4 Å². The first-order valence-corrected chi connectivity index (χ1v) is 6.44. The van der Waals surface area contributed by atoms with E-state index in [9.17, 15) is 4.39 Å². The summed E-state index contributed by atoms with van der Waals surface area (Å²) in [5, 5.41) is 0. The lowest BCUT2D eigenvalue weighted by atomic mass is 10.1. The molecule has 0 saturated heterocycles. The third-order valence-corrected chi connectivity index (χ3v) is 3.16. The maximum atomic E-state index is 13.6. The Morgan fingerprint density at radius 3 is 2.37 bits per heavy atom. The standard InChI is InChI=1S/C16H19FN2/c1-12(2)19(11-13-7-4-3-5-8-13)15-10-6-9-14(17)16(15)18/h3-10,12H,11,18H2,1-2H3. The number of nitrogen functional groups attached to an aromatic ring is 1. The number of hydrogen-bond donors (Lipinski definition) is 1. The Balaban J connectivity index is 2.33. The van der Waals surface area contributed by atoms with Crippen LogP contribution in [0.4, 0.5) is 15.8 Å². The topological polar surface area (TPSA) is 29.3 Å². The van der Waals surface area contributed by atoms with Gasteiger partial charge in [0.05, 0.1) is 11.4 Å². The lowest BCUT2D eigenvalue weighted by Crippen LogP contribution is -2.31. The summed E-state index contributed by atoms with van der Waals surface area (Å²) < 4.78 is 13.6. The number of rotatable bonds is 4. The fourth-order valence-corrected chi connectivity index (χ4v) is 2.10. The molecule has 2 aromatic carbocycles. The molecule has 2 N–H and O–H groups in total. The van der Waals surface area contributed by atoms with Crippen molar-refractivity contribution in [3.63, 3.8) is 0 Å². The molecule has 2 rings (SSSR count). The lowest BCUT2D eigenvalue weighted by Gasteiger charge is -2.30. The highest BCUT2D eigenvalue weighted by atomic mass is 19.1. The predicted molar refractivity (Wildman–Crippen MR) is 78.6 cm³/mol. The second-order valence-electron chi connectivity index (χ2n) is 4.88. The molecule has 0 aliphatic carbocycles. The smallest absolute Gasteiger partial charge is 0.148 e. The fourth-order valence-electron chi connectivity index (χ4n) is 2.10. The molecule has 0 radical (unpaired) electrons. The van der Waals surface area contributed by atoms with E-state index in [1.807, 2.05) is 24.3 Å². The third kappa shape index (κ3) is 3.05. The first-order valence-electron chi connectivity index (χ1n) is 6.44. The molecule has 0 aromatic heterocycles. The van der Waals surface area contributed by atoms with Crippen molar-refractivity contribution in [2.45, 2.75) is 26.4 Å². The molecule has 0 aliphatic heterocycles. The van der Waals surface area contributed by atoms with Crippen molar-refractivity contribution in [2.75, 3.05) is 10.6 Å². The van der Waals surface area contributed by atoms with E-state index in [4.69, 9.17) is 5.73 Å². The number of nitrogens with two attached hydrogens (primary N) is 1. The molecule has 2 nitrogen and oxygen atoms in total. The van der Waals surface area contributed by atoms with Gasteiger partial charge in [0.25, 0.3) is 0 Å². The Hall–Kier alpha value is -2.03. The van der Waals surface area contributed by atoms with Gasteiger partial charge in [-0.2, -0.15) is 0 Å². The lowest BCUT2D eigenvalue weighted by molar-refractivity contribution is 0.627. The Kier molecular flexibility index (Phi) is 4.05. The highest BCUT2D eigenvalue weighted by Crippen LogP contribution is 2.28. The predicted octanol–water partition coefficient (Wildman–Crippen LogP) is 3.82. The third-order valence-electron chi connectivity index (χ3n) is 3.16. The van der Waals surface area contributed by atoms with Crippen LogP contribution in [-0.4, -0.2) is 6.04 Å². The molecule has 0 heterocycles. The zero-order valence-electron chi connectivity index (χ0n) is 11.3. The van der Waals surface area contributed by atoms with Crippen LogP contribution in [-0.2, 0) is 6.54 Å². The average Bonchev–Trinajstić information content (AvgIpc) is 2.40. The van der Waals surface area contributed by atoms with Crippen LogP contribution in [0.3, 0.4) is 0 Å². The fraction of sp³-hybridized carbons (Fsp3) is 0.250. The monoisotopic (exact) mass is 258 g/mol. The van der Waals surface area contributed by atoms with Gasteiger partial charge in [-0.05, 0) is 31.5 Å². The van der Waals surface area contributed by atoms with Gasteiger partial charge in [-0.15, -0.1) is 0 Å². The van der Waals surface area contributed by atoms with E-state index in [0.29, 0.717) is 6.54 Å². The summed E-state index contributed by atoms with van der Waals surface area (Å²) in [6.07, 6.45) is 0. The van der Waals surface area contributed by atoms with Gasteiger partial charge in [0, 0.05) is 12.6 Å². The van der Waals surface area contributed by atoms with Crippen LogP contribution in [0.2, 0.25) is 0 Å². The molecule has 0 fully saturated rings. The summed E-state index contributed by atoms with van der Waals surface area (Å²) in [6, 6.07) is 15.3. The minimum Gasteiger partial charge on any atom is -0.395 e. The van der Waals surface area contributed by atoms with Crippen LogP contribution < -0.4 is 10.6 Å². The van der Waals surface area contributed by atoms with Gasteiger partial charge in [-0.25, -0.2) is 4.39 Å². The number of hydrogen-bond acceptors (Lipinski definition) is 2. The van der Waals surface area contributed by atoms with E-state index in [-0.39, 0.29) is 17.5 Å². The average molecular weight is 258 g/mol. The van der Waals surface area contributed by atoms with Crippen LogP contribution >= 0.6 is 0 Å². The molecule has 0 bridgehead atoms. The minimum atomic E-state index is -0.365. The SMILES string of the molecule is CC(C)N(Cc1ccccc1)c1cccc(F)c1N. The van der Waals surface area contributed by atoms with Gasteiger partial charge in [-0.3, -0.25) is 0 Å². The zero-order valence-corrected chi connectivity index (χ0v) is 11.3. The number of anilines is 2. The van der Waals surface area contributed by atoms with Crippen LogP contribution in [0, 0.1) is 5.82 Å². The second-order valence-corrected chi connectivity index (χ2v) is 4.88. The summed E-state index contributed by atoms with van der Waals surface area (Å²) in [5.74, 6) is -0.365. The van der Waals surface area contributed by atoms with E-state index in [1.165, 1.54) is 11.6 Å². The molecule has 2 aromatic rings. The van der Waals surface area contributed by atoms with Gasteiger partial charge < -0.3 is 10.6 Å². The first-order chi connectivity index (χ1) is 9.09. The molecular formula is C16H19FN2. The van der Waals surface area contributed by atoms with Gasteiger partial charge >= 0.3 is 0 Å². The Bertz CT molecular complexity index is 538. The highest BCUT2D eigenvalue weighted by molar-refractivity contribution is 5.68. The van der Waals surface area contributed by atoms with Crippen LogP contribution in [0.5, 0.6) is 0 Å². The largest absolute Gasteiger partial charge is 0.395 e. The van der Waals surface area contributed by atoms with Gasteiger partial charge in [0.1, 0.15) is 5.82 Å². The van der Waals surface area contributed by atoms with Crippen LogP contribution in [0.25, 0.3) is 0 Å². The Labute approximate surface area is 113 Å². The number of para-hydroxylation sites is 1. The zero-order chi connectivity index (χ0) is 13.8. The second kappa shape index (κ2) is 5.74. The van der Waals surface area contributed by atoms with Crippen molar-refractivity contribution < 1.29 is 4.39 Å². The molecule has 19 heavy (non-hydrogen) atoms. The first kappa shape index (κ1) is 13.4. The minimum absolute atomic E-state index is 0.215. The van der Waals surface area contributed by atoms with Crippen LogP contribution in [0.15, 0.2) is 48.5 Å². The molecule has 0 aliphatic rings. The van der Waals surface area contributed by atoms with Crippen molar-refractivity contribution >= 4 is 11.4 Å². The summed E-state index contributed by atoms with van der Waals surface area (Å²) in [7, 11) is 0. The molecule has 3 heteroatoms. The van der Waals surface area contributed by atoms with Crippen molar-refractivity contribution in [2.24, 2.45) is 0 Å². The molecule has 0 amide bonds. The maximum absolute atomic E-state index is 13.6. The summed E-state index contributed by atoms with van der Waals surface area (Å²) >= 11 is 0. The highest BCUT2D eigenvalue weighted by Gasteiger charge is 2.15. The normalized spacial score (nSPS) is 10.7. The molecular weight excluding hydrogens is 239 g/mol. The van der Waals surface area contributed by atoms with Crippen molar-refractivity contribution in [1.29, 1.82) is 0 Å². The van der Waals surface area contributed by atoms with E-state index in [0.717, 1.165) is 5.69 Å². The Morgan fingerprint density at radius 1 is 1.05 bits per heavy atom. The molecule has 0 unspecified atom stereocenters. The van der Waals surface area contributed by atoms with Crippen molar-refractivity contribution in [3.05, 3.63) is 59.9 Å². The maximum Gasteiger partial charge on any atom is 0.148 e. The van der Waals surface area contributed by atoms with E-state index in [2.05, 4.69) is 30.9 Å². The Morgan fingerprint density at radius 2 is 1.74 bits per heavy atom.